The summed E-state index contributed by atoms with van der Waals surface area (Å²) in [7, 11) is 0. The lowest BCUT2D eigenvalue weighted by Gasteiger charge is -2.06. The van der Waals surface area contributed by atoms with Crippen LogP contribution < -0.4 is 0 Å². The molecule has 0 atom stereocenters. The number of nitrogens with zero attached hydrogens (tertiary/aromatic N) is 4. The van der Waals surface area contributed by atoms with E-state index in [4.69, 9.17) is 11.6 Å². The van der Waals surface area contributed by atoms with Crippen molar-refractivity contribution in [3.63, 3.8) is 0 Å². The van der Waals surface area contributed by atoms with Crippen LogP contribution in [0.4, 0.5) is 4.39 Å². The Morgan fingerprint density at radius 3 is 2.67 bits per heavy atom. The summed E-state index contributed by atoms with van der Waals surface area (Å²) < 4.78 is 14.6. The molecule has 3 rings (SSSR count). The maximum absolute atomic E-state index is 13.0. The summed E-state index contributed by atoms with van der Waals surface area (Å²) in [5.41, 5.74) is 2.08. The molecule has 2 aromatic heterocycles. The third-order valence-corrected chi connectivity index (χ3v) is 3.48. The predicted octanol–water partition coefficient (Wildman–Crippen LogP) is 4.03. The first-order valence-electron chi connectivity index (χ1n) is 6.45. The first-order chi connectivity index (χ1) is 10.1. The molecule has 0 amide bonds. The van der Waals surface area contributed by atoms with Crippen LogP contribution in [0.25, 0.3) is 22.3 Å². The molecule has 0 bridgehead atoms. The van der Waals surface area contributed by atoms with Gasteiger partial charge in [-0.05, 0) is 36.3 Å². The molecule has 3 aromatic rings. The second-order valence-corrected chi connectivity index (χ2v) is 4.92. The number of aromatic nitrogens is 4. The van der Waals surface area contributed by atoms with Gasteiger partial charge in [0.15, 0.2) is 11.5 Å². The molecule has 0 radical (unpaired) electrons. The van der Waals surface area contributed by atoms with Crippen molar-refractivity contribution in [1.29, 1.82) is 0 Å². The van der Waals surface area contributed by atoms with Gasteiger partial charge in [0.25, 0.3) is 0 Å². The molecule has 0 aliphatic rings. The fraction of sp³-hybridized carbons (Fsp3) is 0.133. The Morgan fingerprint density at radius 2 is 2.00 bits per heavy atom. The quantitative estimate of drug-likeness (QED) is 0.686. The molecule has 106 valence electrons. The second kappa shape index (κ2) is 5.26. The monoisotopic (exact) mass is 302 g/mol. The van der Waals surface area contributed by atoms with Gasteiger partial charge < -0.3 is 0 Å². The largest absolute Gasteiger partial charge is 0.216 e. The minimum Gasteiger partial charge on any atom is -0.216 e. The number of fused-ring (bicyclic) bond motifs is 1. The molecular formula is C15H12ClFN4. The van der Waals surface area contributed by atoms with Gasteiger partial charge in [-0.15, -0.1) is 0 Å². The van der Waals surface area contributed by atoms with Crippen molar-refractivity contribution < 1.29 is 4.39 Å². The van der Waals surface area contributed by atoms with E-state index in [-0.39, 0.29) is 5.82 Å². The summed E-state index contributed by atoms with van der Waals surface area (Å²) in [5, 5.41) is 5.24. The molecule has 2 heterocycles. The molecule has 0 N–H and O–H groups in total. The second-order valence-electron chi connectivity index (χ2n) is 4.57. The summed E-state index contributed by atoms with van der Waals surface area (Å²) in [6, 6.07) is 6.01. The Labute approximate surface area is 125 Å². The van der Waals surface area contributed by atoms with E-state index >= 15 is 0 Å². The molecule has 1 aromatic carbocycles. The number of rotatable bonds is 3. The minimum absolute atomic E-state index is 0.303. The summed E-state index contributed by atoms with van der Waals surface area (Å²) in [5.74, 6) is 0.196. The molecule has 0 saturated heterocycles. The van der Waals surface area contributed by atoms with Gasteiger partial charge in [0.1, 0.15) is 11.0 Å². The zero-order valence-corrected chi connectivity index (χ0v) is 12.1. The molecule has 0 saturated carbocycles. The van der Waals surface area contributed by atoms with Gasteiger partial charge in [0, 0.05) is 0 Å². The number of allylic oxidation sites excluding steroid dienone is 1. The average molecular weight is 303 g/mol. The SMILES string of the molecule is C=C(CC)c1nc(Cl)c2cnn(-c3ccc(F)cc3)c2n1. The topological polar surface area (TPSA) is 43.6 Å². The minimum atomic E-state index is -0.303. The maximum atomic E-state index is 13.0. The Kier molecular flexibility index (Phi) is 3.43. The smallest absolute Gasteiger partial charge is 0.168 e. The number of hydrogen-bond acceptors (Lipinski definition) is 3. The molecule has 0 aliphatic heterocycles. The zero-order valence-electron chi connectivity index (χ0n) is 11.3. The van der Waals surface area contributed by atoms with Crippen molar-refractivity contribution in [3.8, 4) is 5.69 Å². The summed E-state index contributed by atoms with van der Waals surface area (Å²) in [6.45, 7) is 5.90. The Balaban J connectivity index is 2.22. The molecular weight excluding hydrogens is 291 g/mol. The van der Waals surface area contributed by atoms with Crippen molar-refractivity contribution >= 4 is 28.2 Å². The summed E-state index contributed by atoms with van der Waals surface area (Å²) in [4.78, 5) is 8.71. The van der Waals surface area contributed by atoms with Crippen LogP contribution in [0.1, 0.15) is 19.2 Å². The standard InChI is InChI=1S/C15H12ClFN4/c1-3-9(2)14-19-13(16)12-8-18-21(15(12)20-14)11-6-4-10(17)5-7-11/h4-8H,2-3H2,1H3. The lowest BCUT2D eigenvalue weighted by atomic mass is 10.2. The van der Waals surface area contributed by atoms with Gasteiger partial charge in [-0.2, -0.15) is 5.10 Å². The van der Waals surface area contributed by atoms with E-state index in [1.165, 1.54) is 12.1 Å². The molecule has 0 fully saturated rings. The van der Waals surface area contributed by atoms with Gasteiger partial charge in [-0.1, -0.05) is 25.1 Å². The van der Waals surface area contributed by atoms with Crippen LogP contribution in [0, 0.1) is 5.82 Å². The highest BCUT2D eigenvalue weighted by Crippen LogP contribution is 2.25. The fourth-order valence-electron chi connectivity index (χ4n) is 1.96. The van der Waals surface area contributed by atoms with Crippen molar-refractivity contribution in [2.75, 3.05) is 0 Å². The van der Waals surface area contributed by atoms with Crippen LogP contribution in [0.2, 0.25) is 5.15 Å². The van der Waals surface area contributed by atoms with Gasteiger partial charge in [-0.3, -0.25) is 0 Å². The van der Waals surface area contributed by atoms with E-state index < -0.39 is 0 Å². The third-order valence-electron chi connectivity index (χ3n) is 3.20. The van der Waals surface area contributed by atoms with E-state index in [1.807, 2.05) is 6.92 Å². The lowest BCUT2D eigenvalue weighted by Crippen LogP contribution is -2.01. The molecule has 21 heavy (non-hydrogen) atoms. The van der Waals surface area contributed by atoms with Crippen LogP contribution >= 0.6 is 11.6 Å². The van der Waals surface area contributed by atoms with Crippen LogP contribution in [0.15, 0.2) is 37.0 Å². The average Bonchev–Trinajstić information content (AvgIpc) is 2.91. The highest BCUT2D eigenvalue weighted by atomic mass is 35.5. The fourth-order valence-corrected chi connectivity index (χ4v) is 2.17. The first kappa shape index (κ1) is 13.7. The van der Waals surface area contributed by atoms with Crippen LogP contribution in [0.5, 0.6) is 0 Å². The Morgan fingerprint density at radius 1 is 1.29 bits per heavy atom. The zero-order chi connectivity index (χ0) is 15.0. The Hall–Kier alpha value is -2.27. The first-order valence-corrected chi connectivity index (χ1v) is 6.83. The van der Waals surface area contributed by atoms with E-state index in [1.54, 1.807) is 23.0 Å². The van der Waals surface area contributed by atoms with Crippen LogP contribution in [-0.2, 0) is 0 Å². The number of benzene rings is 1. The van der Waals surface area contributed by atoms with E-state index in [0.29, 0.717) is 27.7 Å². The van der Waals surface area contributed by atoms with Crippen LogP contribution in [0.3, 0.4) is 0 Å². The third kappa shape index (κ3) is 2.40. The van der Waals surface area contributed by atoms with Gasteiger partial charge >= 0.3 is 0 Å². The summed E-state index contributed by atoms with van der Waals surface area (Å²) in [6.07, 6.45) is 2.33. The molecule has 0 unspecified atom stereocenters. The van der Waals surface area contributed by atoms with Gasteiger partial charge in [-0.25, -0.2) is 19.0 Å². The van der Waals surface area contributed by atoms with Crippen LogP contribution in [-0.4, -0.2) is 19.7 Å². The van der Waals surface area contributed by atoms with Crippen molar-refractivity contribution in [3.05, 3.63) is 53.8 Å². The molecule has 0 aliphatic carbocycles. The predicted molar refractivity (Wildman–Crippen MR) is 81.0 cm³/mol. The normalized spacial score (nSPS) is 11.0. The van der Waals surface area contributed by atoms with E-state index in [0.717, 1.165) is 12.0 Å². The van der Waals surface area contributed by atoms with Crippen molar-refractivity contribution in [2.24, 2.45) is 0 Å². The van der Waals surface area contributed by atoms with Crippen molar-refractivity contribution in [1.82, 2.24) is 19.7 Å². The lowest BCUT2D eigenvalue weighted by molar-refractivity contribution is 0.627. The number of halogens is 2. The highest BCUT2D eigenvalue weighted by Gasteiger charge is 2.13. The highest BCUT2D eigenvalue weighted by molar-refractivity contribution is 6.34. The summed E-state index contributed by atoms with van der Waals surface area (Å²) >= 11 is 6.18. The molecule has 4 nitrogen and oxygen atoms in total. The maximum Gasteiger partial charge on any atom is 0.168 e. The molecule has 6 heteroatoms. The Bertz CT molecular complexity index is 824. The number of hydrogen-bond donors (Lipinski definition) is 0. The van der Waals surface area contributed by atoms with Gasteiger partial charge in [0.2, 0.25) is 0 Å². The van der Waals surface area contributed by atoms with Gasteiger partial charge in [0.05, 0.1) is 17.3 Å². The van der Waals surface area contributed by atoms with E-state index in [2.05, 4.69) is 21.6 Å². The van der Waals surface area contributed by atoms with E-state index in [9.17, 15) is 4.39 Å². The molecule has 0 spiro atoms. The van der Waals surface area contributed by atoms with Crippen molar-refractivity contribution in [2.45, 2.75) is 13.3 Å².